The molecule has 6 N–H and O–H groups in total. The minimum absolute atomic E-state index is 0.0141. The van der Waals surface area contributed by atoms with E-state index in [1.807, 2.05) is 27.7 Å². The highest BCUT2D eigenvalue weighted by molar-refractivity contribution is 7.53. The summed E-state index contributed by atoms with van der Waals surface area (Å²) in [5.74, 6) is -0.874. The summed E-state index contributed by atoms with van der Waals surface area (Å²) in [6, 6.07) is -1.44. The van der Waals surface area contributed by atoms with Gasteiger partial charge in [-0.3, -0.25) is 14.2 Å². The third-order valence-corrected chi connectivity index (χ3v) is 7.64. The molecule has 232 valence electrons. The van der Waals surface area contributed by atoms with Gasteiger partial charge in [-0.05, 0) is 18.8 Å². The first kappa shape index (κ1) is 34.5. The first-order valence-corrected chi connectivity index (χ1v) is 15.3. The Bertz CT molecular complexity index is 1120. The van der Waals surface area contributed by atoms with Gasteiger partial charge in [0.05, 0.1) is 45.4 Å². The molecule has 0 fully saturated rings. The number of nitrogens with zero attached hydrogens (tertiary/aromatic N) is 4. The summed E-state index contributed by atoms with van der Waals surface area (Å²) in [5, 5.41) is 0. The summed E-state index contributed by atoms with van der Waals surface area (Å²) in [7, 11) is -3.74. The van der Waals surface area contributed by atoms with Gasteiger partial charge in [-0.15, -0.1) is 0 Å². The molecule has 0 unspecified atom stereocenters. The van der Waals surface area contributed by atoms with Crippen molar-refractivity contribution in [2.45, 2.75) is 72.2 Å². The number of rotatable bonds is 19. The summed E-state index contributed by atoms with van der Waals surface area (Å²) in [4.78, 5) is 36.2. The van der Waals surface area contributed by atoms with Crippen molar-refractivity contribution in [1.82, 2.24) is 19.5 Å². The molecule has 0 saturated heterocycles. The maximum absolute atomic E-state index is 13.5. The Morgan fingerprint density at radius 1 is 0.878 bits per heavy atom. The third kappa shape index (κ3) is 11.3. The second kappa shape index (κ2) is 16.7. The first-order chi connectivity index (χ1) is 19.3. The predicted molar refractivity (Wildman–Crippen MR) is 151 cm³/mol. The van der Waals surface area contributed by atoms with Crippen molar-refractivity contribution in [2.75, 3.05) is 38.5 Å². The van der Waals surface area contributed by atoms with Crippen LogP contribution in [0.3, 0.4) is 0 Å². The van der Waals surface area contributed by atoms with Gasteiger partial charge in [-0.1, -0.05) is 27.7 Å². The smallest absolute Gasteiger partial charge is 0.356 e. The summed E-state index contributed by atoms with van der Waals surface area (Å²) >= 11 is 0. The second-order valence-corrected chi connectivity index (χ2v) is 12.3. The number of esters is 2. The van der Waals surface area contributed by atoms with Crippen LogP contribution in [-0.2, 0) is 44.0 Å². The van der Waals surface area contributed by atoms with Gasteiger partial charge in [0.15, 0.2) is 11.5 Å². The molecule has 16 heteroatoms. The molecule has 0 amide bonds. The van der Waals surface area contributed by atoms with E-state index >= 15 is 0 Å². The van der Waals surface area contributed by atoms with Gasteiger partial charge in [0, 0.05) is 12.8 Å². The van der Waals surface area contributed by atoms with Crippen molar-refractivity contribution in [2.24, 2.45) is 23.3 Å². The van der Waals surface area contributed by atoms with Gasteiger partial charge in [0.25, 0.3) is 0 Å². The summed E-state index contributed by atoms with van der Waals surface area (Å²) < 4.78 is 42.6. The van der Waals surface area contributed by atoms with Gasteiger partial charge >= 0.3 is 19.5 Å². The van der Waals surface area contributed by atoms with E-state index in [0.717, 1.165) is 0 Å². The number of anilines is 1. The predicted octanol–water partition coefficient (Wildman–Crippen LogP) is 1.83. The zero-order chi connectivity index (χ0) is 30.6. The minimum Gasteiger partial charge on any atom is -0.464 e. The Balaban J connectivity index is 1.90. The van der Waals surface area contributed by atoms with Crippen LogP contribution in [0.1, 0.15) is 47.5 Å². The molecule has 0 radical (unpaired) electrons. The lowest BCUT2D eigenvalue weighted by atomic mass is 10.1. The van der Waals surface area contributed by atoms with Gasteiger partial charge in [-0.2, -0.15) is 0 Å². The van der Waals surface area contributed by atoms with Crippen molar-refractivity contribution in [3.63, 3.8) is 0 Å². The molecule has 41 heavy (non-hydrogen) atoms. The fraction of sp³-hybridized carbons (Fsp3) is 0.720. The fourth-order valence-electron chi connectivity index (χ4n) is 3.30. The maximum atomic E-state index is 13.5. The van der Waals surface area contributed by atoms with Crippen molar-refractivity contribution in [3.05, 3.63) is 12.7 Å². The number of aromatic nitrogens is 4. The van der Waals surface area contributed by atoms with Gasteiger partial charge in [-0.25, -0.2) is 15.0 Å². The Morgan fingerprint density at radius 2 is 1.41 bits per heavy atom. The van der Waals surface area contributed by atoms with Gasteiger partial charge in [0.1, 0.15) is 30.3 Å². The standard InChI is InChI=1S/C25H44N7O8P/c1-16(2)19(26)24(33)36-8-6-10-39-41(35,40-11-7-9-37-25(34)20(27)17(3)4)15-38-18(5)12-32-14-31-21-22(28)29-13-30-23(21)32/h13-14,16-20H,6-12,15,26-27H2,1-5H3,(H2,28,29,30)/t18-,19+,20+/m1/s1. The van der Waals surface area contributed by atoms with Crippen LogP contribution in [0.2, 0.25) is 0 Å². The zero-order valence-corrected chi connectivity index (χ0v) is 25.3. The van der Waals surface area contributed by atoms with E-state index in [0.29, 0.717) is 17.7 Å². The quantitative estimate of drug-likeness (QED) is 0.119. The first-order valence-electron chi connectivity index (χ1n) is 13.6. The Labute approximate surface area is 240 Å². The Kier molecular flexibility index (Phi) is 14.0. The van der Waals surface area contributed by atoms with E-state index in [4.69, 9.17) is 40.5 Å². The minimum atomic E-state index is -3.74. The normalized spacial score (nSPS) is 14.4. The number of fused-ring (bicyclic) bond motifs is 1. The summed E-state index contributed by atoms with van der Waals surface area (Å²) in [6.45, 7) is 9.47. The number of hydrogen-bond acceptors (Lipinski definition) is 14. The molecule has 2 rings (SSSR count). The van der Waals surface area contributed by atoms with Crippen LogP contribution in [0.4, 0.5) is 5.82 Å². The molecular weight excluding hydrogens is 557 g/mol. The van der Waals surface area contributed by atoms with Crippen LogP contribution in [-0.4, -0.2) is 82.4 Å². The molecule has 0 aromatic carbocycles. The number of nitrogen functional groups attached to an aromatic ring is 1. The molecule has 3 atom stereocenters. The van der Waals surface area contributed by atoms with Gasteiger partial charge in [0.2, 0.25) is 0 Å². The van der Waals surface area contributed by atoms with Crippen molar-refractivity contribution < 1.29 is 37.4 Å². The number of imidazole rings is 1. The van der Waals surface area contributed by atoms with E-state index in [1.165, 1.54) is 6.33 Å². The van der Waals surface area contributed by atoms with Crippen LogP contribution in [0, 0.1) is 11.8 Å². The maximum Gasteiger partial charge on any atom is 0.356 e. The number of carbonyl (C=O) groups excluding carboxylic acids is 2. The van der Waals surface area contributed by atoms with E-state index < -0.39 is 37.7 Å². The average Bonchev–Trinajstić information content (AvgIpc) is 3.34. The van der Waals surface area contributed by atoms with Gasteiger partial charge < -0.3 is 45.0 Å². The Hall–Kier alpha value is -2.68. The molecular formula is C25H44N7O8P. The monoisotopic (exact) mass is 601 g/mol. The number of nitrogens with two attached hydrogens (primary N) is 3. The molecule has 0 aliphatic rings. The van der Waals surface area contributed by atoms with E-state index in [-0.39, 0.29) is 63.3 Å². The molecule has 2 aromatic heterocycles. The third-order valence-electron chi connectivity index (χ3n) is 6.02. The lowest BCUT2D eigenvalue weighted by Crippen LogP contribution is -2.37. The molecule has 0 saturated carbocycles. The number of carbonyl (C=O) groups is 2. The van der Waals surface area contributed by atoms with Crippen molar-refractivity contribution >= 4 is 36.5 Å². The molecule has 0 aliphatic heterocycles. The van der Waals surface area contributed by atoms with E-state index in [2.05, 4.69) is 15.0 Å². The Morgan fingerprint density at radius 3 is 1.93 bits per heavy atom. The molecule has 15 nitrogen and oxygen atoms in total. The van der Waals surface area contributed by atoms with Crippen LogP contribution in [0.25, 0.3) is 11.2 Å². The van der Waals surface area contributed by atoms with E-state index in [9.17, 15) is 14.2 Å². The molecule has 2 heterocycles. The lowest BCUT2D eigenvalue weighted by molar-refractivity contribution is -0.147. The van der Waals surface area contributed by atoms with Crippen molar-refractivity contribution in [3.8, 4) is 0 Å². The largest absolute Gasteiger partial charge is 0.464 e. The molecule has 0 spiro atoms. The highest BCUT2D eigenvalue weighted by atomic mass is 31.2. The fourth-order valence-corrected chi connectivity index (χ4v) is 4.78. The van der Waals surface area contributed by atoms with E-state index in [1.54, 1.807) is 17.8 Å². The average molecular weight is 602 g/mol. The topological polar surface area (TPSA) is 219 Å². The van der Waals surface area contributed by atoms with Crippen LogP contribution < -0.4 is 17.2 Å². The summed E-state index contributed by atoms with van der Waals surface area (Å²) in [5.41, 5.74) is 18.4. The summed E-state index contributed by atoms with van der Waals surface area (Å²) in [6.07, 6.45) is 2.69. The zero-order valence-electron chi connectivity index (χ0n) is 24.4. The molecule has 0 aliphatic carbocycles. The highest BCUT2D eigenvalue weighted by Crippen LogP contribution is 2.48. The van der Waals surface area contributed by atoms with Crippen LogP contribution in [0.5, 0.6) is 0 Å². The number of ether oxygens (including phenoxy) is 3. The van der Waals surface area contributed by atoms with Crippen LogP contribution >= 0.6 is 7.60 Å². The second-order valence-electron chi connectivity index (χ2n) is 10.3. The molecule has 2 aromatic rings. The SMILES string of the molecule is CC(C)[C@H](N)C(=O)OCCCOP(=O)(CO[C@H](C)Cn1cnc2c(N)ncnc21)OCCCOC(=O)[C@@H](N)C(C)C. The van der Waals surface area contributed by atoms with Crippen molar-refractivity contribution in [1.29, 1.82) is 0 Å². The highest BCUT2D eigenvalue weighted by Gasteiger charge is 2.27. The van der Waals surface area contributed by atoms with Crippen LogP contribution in [0.15, 0.2) is 12.7 Å². The lowest BCUT2D eigenvalue weighted by Gasteiger charge is -2.21. The number of hydrogen-bond donors (Lipinski definition) is 3. The molecule has 0 bridgehead atoms.